The lowest BCUT2D eigenvalue weighted by Crippen LogP contribution is -2.33. The van der Waals surface area contributed by atoms with Crippen molar-refractivity contribution in [3.8, 4) is 11.3 Å². The van der Waals surface area contributed by atoms with Gasteiger partial charge in [0, 0.05) is 11.6 Å². The molecule has 1 amide bonds. The van der Waals surface area contributed by atoms with Gasteiger partial charge in [0.05, 0.1) is 23.2 Å². The molecule has 1 aromatic heterocycles. The molecule has 4 rings (SSSR count). The van der Waals surface area contributed by atoms with Crippen LogP contribution in [0.4, 0.5) is 0 Å². The largest absolute Gasteiger partial charge is 0.348 e. The molecule has 1 saturated heterocycles. The van der Waals surface area contributed by atoms with Crippen molar-refractivity contribution in [3.05, 3.63) is 41.1 Å². The van der Waals surface area contributed by atoms with Gasteiger partial charge < -0.3 is 5.32 Å². The molecule has 2 heterocycles. The first kappa shape index (κ1) is 19.2. The molecular formula is C21H27N3O3S. The average Bonchev–Trinajstić information content (AvgIpc) is 3.36. The van der Waals surface area contributed by atoms with Gasteiger partial charge >= 0.3 is 0 Å². The quantitative estimate of drug-likeness (QED) is 0.853. The van der Waals surface area contributed by atoms with E-state index in [4.69, 9.17) is 0 Å². The van der Waals surface area contributed by atoms with Crippen molar-refractivity contribution in [2.75, 3.05) is 11.5 Å². The van der Waals surface area contributed by atoms with E-state index >= 15 is 0 Å². The van der Waals surface area contributed by atoms with E-state index in [-0.39, 0.29) is 29.5 Å². The number of aromatic nitrogens is 2. The van der Waals surface area contributed by atoms with Gasteiger partial charge in [-0.25, -0.2) is 8.42 Å². The van der Waals surface area contributed by atoms with E-state index in [1.54, 1.807) is 10.7 Å². The van der Waals surface area contributed by atoms with Crippen molar-refractivity contribution in [2.24, 2.45) is 0 Å². The van der Waals surface area contributed by atoms with Crippen molar-refractivity contribution < 1.29 is 13.2 Å². The second-order valence-corrected chi connectivity index (χ2v) is 10.4. The standard InChI is InChI=1S/C21H27N3O3S/c1-14-7-8-16(11-15(14)2)20-12-19(21(25)22-17-5-3-4-6-17)23-24(20)18-9-10-28(26,27)13-18/h7-8,11-12,17-18H,3-6,9-10,13H2,1-2H3,(H,22,25)/t18-/m0/s1. The molecule has 1 aliphatic heterocycles. The van der Waals surface area contributed by atoms with Crippen molar-refractivity contribution >= 4 is 15.7 Å². The molecule has 1 N–H and O–H groups in total. The number of nitrogens with zero attached hydrogens (tertiary/aromatic N) is 2. The summed E-state index contributed by atoms with van der Waals surface area (Å²) in [6.45, 7) is 4.10. The summed E-state index contributed by atoms with van der Waals surface area (Å²) in [5, 5.41) is 7.65. The smallest absolute Gasteiger partial charge is 0.272 e. The third-order valence-corrected chi connectivity index (χ3v) is 7.77. The molecule has 0 bridgehead atoms. The topological polar surface area (TPSA) is 81.1 Å². The van der Waals surface area contributed by atoms with Crippen LogP contribution in [-0.4, -0.2) is 41.7 Å². The number of aryl methyl sites for hydroxylation is 2. The number of rotatable bonds is 4. The Hall–Kier alpha value is -2.15. The van der Waals surface area contributed by atoms with Gasteiger partial charge in [0.2, 0.25) is 0 Å². The highest BCUT2D eigenvalue weighted by Gasteiger charge is 2.32. The molecule has 150 valence electrons. The number of hydrogen-bond acceptors (Lipinski definition) is 4. The molecule has 0 unspecified atom stereocenters. The Kier molecular flexibility index (Phi) is 5.04. The summed E-state index contributed by atoms with van der Waals surface area (Å²) in [4.78, 5) is 12.8. The fraction of sp³-hybridized carbons (Fsp3) is 0.524. The van der Waals surface area contributed by atoms with Crippen LogP contribution >= 0.6 is 0 Å². The van der Waals surface area contributed by atoms with Crippen LogP contribution in [0.25, 0.3) is 11.3 Å². The average molecular weight is 402 g/mol. The fourth-order valence-corrected chi connectivity index (χ4v) is 5.89. The zero-order valence-electron chi connectivity index (χ0n) is 16.4. The van der Waals surface area contributed by atoms with Gasteiger partial charge in [-0.3, -0.25) is 9.48 Å². The molecule has 1 aromatic carbocycles. The summed E-state index contributed by atoms with van der Waals surface area (Å²) in [5.74, 6) is 0.0838. The van der Waals surface area contributed by atoms with Crippen LogP contribution in [0, 0.1) is 13.8 Å². The van der Waals surface area contributed by atoms with E-state index < -0.39 is 9.84 Å². The number of benzene rings is 1. The van der Waals surface area contributed by atoms with Gasteiger partial charge in [0.1, 0.15) is 0 Å². The van der Waals surface area contributed by atoms with Crippen LogP contribution < -0.4 is 5.32 Å². The van der Waals surface area contributed by atoms with Crippen LogP contribution in [0.5, 0.6) is 0 Å². The molecule has 0 radical (unpaired) electrons. The van der Waals surface area contributed by atoms with Gasteiger partial charge in [0.15, 0.2) is 15.5 Å². The molecule has 2 aromatic rings. The second kappa shape index (κ2) is 7.35. The van der Waals surface area contributed by atoms with Gasteiger partial charge in [-0.1, -0.05) is 25.0 Å². The number of carbonyl (C=O) groups is 1. The Bertz CT molecular complexity index is 1000. The lowest BCUT2D eigenvalue weighted by molar-refractivity contribution is 0.0931. The maximum absolute atomic E-state index is 12.8. The van der Waals surface area contributed by atoms with Crippen molar-refractivity contribution in [1.29, 1.82) is 0 Å². The Morgan fingerprint density at radius 2 is 1.86 bits per heavy atom. The van der Waals surface area contributed by atoms with Crippen LogP contribution in [0.3, 0.4) is 0 Å². The molecule has 2 fully saturated rings. The van der Waals surface area contributed by atoms with Crippen LogP contribution in [0.2, 0.25) is 0 Å². The number of hydrogen-bond donors (Lipinski definition) is 1. The molecule has 6 nitrogen and oxygen atoms in total. The molecule has 0 spiro atoms. The minimum atomic E-state index is -3.05. The summed E-state index contributed by atoms with van der Waals surface area (Å²) < 4.78 is 25.8. The zero-order valence-corrected chi connectivity index (χ0v) is 17.3. The molecule has 1 saturated carbocycles. The number of amides is 1. The second-order valence-electron chi connectivity index (χ2n) is 8.17. The van der Waals surface area contributed by atoms with E-state index in [1.807, 2.05) is 19.1 Å². The molecule has 1 aliphatic carbocycles. The number of sulfone groups is 1. The van der Waals surface area contributed by atoms with E-state index in [1.165, 1.54) is 5.56 Å². The normalized spacial score (nSPS) is 21.9. The lowest BCUT2D eigenvalue weighted by Gasteiger charge is -2.14. The SMILES string of the molecule is Cc1ccc(-c2cc(C(=O)NC3CCCC3)nn2[C@H]2CCS(=O)(=O)C2)cc1C. The minimum Gasteiger partial charge on any atom is -0.348 e. The summed E-state index contributed by atoms with van der Waals surface area (Å²) in [7, 11) is -3.05. The van der Waals surface area contributed by atoms with E-state index in [9.17, 15) is 13.2 Å². The summed E-state index contributed by atoms with van der Waals surface area (Å²) in [6, 6.07) is 7.93. The summed E-state index contributed by atoms with van der Waals surface area (Å²) in [6.07, 6.45) is 4.85. The van der Waals surface area contributed by atoms with Gasteiger partial charge in [-0.05, 0) is 56.4 Å². The van der Waals surface area contributed by atoms with E-state index in [2.05, 4.69) is 23.4 Å². The predicted octanol–water partition coefficient (Wildman–Crippen LogP) is 3.20. The Morgan fingerprint density at radius 1 is 1.11 bits per heavy atom. The predicted molar refractivity (Wildman–Crippen MR) is 109 cm³/mol. The minimum absolute atomic E-state index is 0.0796. The maximum atomic E-state index is 12.8. The molecule has 28 heavy (non-hydrogen) atoms. The van der Waals surface area contributed by atoms with Crippen molar-refractivity contribution in [3.63, 3.8) is 0 Å². The Labute approximate surface area is 166 Å². The summed E-state index contributed by atoms with van der Waals surface area (Å²) >= 11 is 0. The molecule has 2 aliphatic rings. The third-order valence-electron chi connectivity index (χ3n) is 6.02. The van der Waals surface area contributed by atoms with Crippen LogP contribution in [0.15, 0.2) is 24.3 Å². The molecule has 7 heteroatoms. The van der Waals surface area contributed by atoms with Crippen LogP contribution in [0.1, 0.15) is 59.8 Å². The van der Waals surface area contributed by atoms with Gasteiger partial charge in [-0.15, -0.1) is 0 Å². The summed E-state index contributed by atoms with van der Waals surface area (Å²) in [5.41, 5.74) is 4.48. The highest BCUT2D eigenvalue weighted by atomic mass is 32.2. The lowest BCUT2D eigenvalue weighted by atomic mass is 10.0. The van der Waals surface area contributed by atoms with Crippen molar-refractivity contribution in [2.45, 2.75) is 58.0 Å². The third kappa shape index (κ3) is 3.85. The fourth-order valence-electron chi connectivity index (χ4n) is 4.20. The maximum Gasteiger partial charge on any atom is 0.272 e. The highest BCUT2D eigenvalue weighted by Crippen LogP contribution is 2.31. The van der Waals surface area contributed by atoms with E-state index in [0.29, 0.717) is 12.1 Å². The molecular weight excluding hydrogens is 374 g/mol. The zero-order chi connectivity index (χ0) is 19.9. The Morgan fingerprint density at radius 3 is 2.50 bits per heavy atom. The van der Waals surface area contributed by atoms with E-state index in [0.717, 1.165) is 42.5 Å². The van der Waals surface area contributed by atoms with Crippen LogP contribution in [-0.2, 0) is 9.84 Å². The highest BCUT2D eigenvalue weighted by molar-refractivity contribution is 7.91. The Balaban J connectivity index is 1.71. The molecule has 1 atom stereocenters. The van der Waals surface area contributed by atoms with Gasteiger partial charge in [0.25, 0.3) is 5.91 Å². The number of nitrogens with one attached hydrogen (secondary N) is 1. The number of carbonyl (C=O) groups excluding carboxylic acids is 1. The first-order chi connectivity index (χ1) is 13.3. The van der Waals surface area contributed by atoms with Gasteiger partial charge in [-0.2, -0.15) is 5.10 Å². The first-order valence-corrected chi connectivity index (χ1v) is 11.8. The first-order valence-electron chi connectivity index (χ1n) is 10.0. The van der Waals surface area contributed by atoms with Crippen molar-refractivity contribution in [1.82, 2.24) is 15.1 Å². The monoisotopic (exact) mass is 401 g/mol.